The minimum Gasteiger partial charge on any atom is -0.423 e. The Morgan fingerprint density at radius 3 is 2.30 bits per heavy atom. The van der Waals surface area contributed by atoms with Gasteiger partial charge >= 0.3 is 5.97 Å². The third-order valence-corrected chi connectivity index (χ3v) is 6.18. The number of carbonyl (C=O) groups is 1. The summed E-state index contributed by atoms with van der Waals surface area (Å²) in [6.07, 6.45) is 14.8. The second-order valence-corrected chi connectivity index (χ2v) is 8.58. The van der Waals surface area contributed by atoms with E-state index in [1.807, 2.05) is 24.3 Å². The molecule has 1 atom stereocenters. The van der Waals surface area contributed by atoms with Crippen LogP contribution in [0.25, 0.3) is 5.57 Å². The summed E-state index contributed by atoms with van der Waals surface area (Å²) in [5.74, 6) is 1.16. The van der Waals surface area contributed by atoms with Crippen molar-refractivity contribution in [3.05, 3.63) is 71.3 Å². The van der Waals surface area contributed by atoms with Crippen molar-refractivity contribution >= 4 is 11.5 Å². The minimum atomic E-state index is -0.294. The average molecular weight is 405 g/mol. The minimum absolute atomic E-state index is 0.294. The highest BCUT2D eigenvalue weighted by atomic mass is 16.5. The summed E-state index contributed by atoms with van der Waals surface area (Å²) >= 11 is 0. The van der Waals surface area contributed by atoms with E-state index in [1.54, 1.807) is 0 Å². The number of aryl methyl sites for hydroxylation is 1. The molecule has 0 aliphatic heterocycles. The van der Waals surface area contributed by atoms with Crippen LogP contribution in [0.3, 0.4) is 0 Å². The highest BCUT2D eigenvalue weighted by molar-refractivity contribution is 5.91. The highest BCUT2D eigenvalue weighted by Gasteiger charge is 2.16. The molecule has 0 amide bonds. The van der Waals surface area contributed by atoms with Gasteiger partial charge in [-0.15, -0.1) is 0 Å². The van der Waals surface area contributed by atoms with Crippen LogP contribution in [0.2, 0.25) is 0 Å². The fourth-order valence-corrected chi connectivity index (χ4v) is 4.20. The van der Waals surface area contributed by atoms with Gasteiger partial charge in [0, 0.05) is 0 Å². The molecule has 0 saturated heterocycles. The summed E-state index contributed by atoms with van der Waals surface area (Å²) < 4.78 is 5.56. The van der Waals surface area contributed by atoms with E-state index in [9.17, 15) is 4.79 Å². The number of allylic oxidation sites excluding steroid dienone is 2. The lowest BCUT2D eigenvalue weighted by atomic mass is 9.84. The summed E-state index contributed by atoms with van der Waals surface area (Å²) in [5, 5.41) is 0. The Balaban J connectivity index is 1.53. The number of ether oxygens (including phenoxy) is 1. The van der Waals surface area contributed by atoms with E-state index in [0.29, 0.717) is 11.3 Å². The van der Waals surface area contributed by atoms with E-state index < -0.39 is 0 Å². The lowest BCUT2D eigenvalue weighted by Gasteiger charge is -2.22. The van der Waals surface area contributed by atoms with Gasteiger partial charge in [0.15, 0.2) is 0 Å². The quantitative estimate of drug-likeness (QED) is 0.228. The summed E-state index contributed by atoms with van der Waals surface area (Å²) in [4.78, 5) is 12.5. The SMILES string of the molecule is CCCCCc1ccc(OC(=O)c2ccc(C3=CCC(CCCC)CC3)cc2)cc1. The van der Waals surface area contributed by atoms with Gasteiger partial charge in [-0.2, -0.15) is 0 Å². The smallest absolute Gasteiger partial charge is 0.343 e. The third-order valence-electron chi connectivity index (χ3n) is 6.18. The Kier molecular flexibility index (Phi) is 8.74. The van der Waals surface area contributed by atoms with Crippen LogP contribution in [0.4, 0.5) is 0 Å². The summed E-state index contributed by atoms with van der Waals surface area (Å²) in [5.41, 5.74) is 4.55. The van der Waals surface area contributed by atoms with Crippen molar-refractivity contribution in [1.29, 1.82) is 0 Å². The normalized spacial score (nSPS) is 16.2. The maximum Gasteiger partial charge on any atom is 0.343 e. The molecule has 160 valence electrons. The first-order valence-corrected chi connectivity index (χ1v) is 11.8. The second kappa shape index (κ2) is 11.7. The highest BCUT2D eigenvalue weighted by Crippen LogP contribution is 2.32. The van der Waals surface area contributed by atoms with Crippen LogP contribution in [0.15, 0.2) is 54.6 Å². The van der Waals surface area contributed by atoms with Gasteiger partial charge in [-0.3, -0.25) is 0 Å². The molecule has 3 rings (SSSR count). The van der Waals surface area contributed by atoms with E-state index in [-0.39, 0.29) is 5.97 Å². The van der Waals surface area contributed by atoms with Crippen molar-refractivity contribution in [2.45, 2.75) is 78.1 Å². The monoisotopic (exact) mass is 404 g/mol. The Hall–Kier alpha value is -2.35. The second-order valence-electron chi connectivity index (χ2n) is 8.58. The molecule has 2 aromatic rings. The number of unbranched alkanes of at least 4 members (excludes halogenated alkanes) is 3. The Morgan fingerprint density at radius 1 is 0.933 bits per heavy atom. The maximum absolute atomic E-state index is 12.5. The number of carbonyl (C=O) groups excluding carboxylic acids is 1. The van der Waals surface area contributed by atoms with Gasteiger partial charge in [0.1, 0.15) is 5.75 Å². The van der Waals surface area contributed by atoms with E-state index in [4.69, 9.17) is 4.74 Å². The Labute approximate surface area is 182 Å². The molecule has 0 heterocycles. The number of hydrogen-bond acceptors (Lipinski definition) is 2. The summed E-state index contributed by atoms with van der Waals surface area (Å²) in [7, 11) is 0. The van der Waals surface area contributed by atoms with Gasteiger partial charge in [0.25, 0.3) is 0 Å². The van der Waals surface area contributed by atoms with Gasteiger partial charge in [0.05, 0.1) is 5.56 Å². The van der Waals surface area contributed by atoms with Gasteiger partial charge in [0.2, 0.25) is 0 Å². The van der Waals surface area contributed by atoms with Crippen LogP contribution in [-0.2, 0) is 6.42 Å². The molecule has 0 bridgehead atoms. The standard InChI is InChI=1S/C28H36O2/c1-3-5-7-9-23-12-20-27(21-13-23)30-28(29)26-18-16-25(17-19-26)24-14-10-22(11-15-24)8-6-4-2/h12-14,16-22H,3-11,15H2,1-2H3. The molecule has 30 heavy (non-hydrogen) atoms. The lowest BCUT2D eigenvalue weighted by Crippen LogP contribution is -2.09. The van der Waals surface area contributed by atoms with Crippen molar-refractivity contribution < 1.29 is 9.53 Å². The van der Waals surface area contributed by atoms with E-state index in [1.165, 1.54) is 68.1 Å². The fourth-order valence-electron chi connectivity index (χ4n) is 4.20. The number of rotatable bonds is 10. The zero-order valence-corrected chi connectivity index (χ0v) is 18.7. The number of esters is 1. The topological polar surface area (TPSA) is 26.3 Å². The van der Waals surface area contributed by atoms with Crippen molar-refractivity contribution in [2.24, 2.45) is 5.92 Å². The van der Waals surface area contributed by atoms with Gasteiger partial charge in [-0.1, -0.05) is 76.3 Å². The average Bonchev–Trinajstić information content (AvgIpc) is 2.79. The Morgan fingerprint density at radius 2 is 1.67 bits per heavy atom. The molecule has 2 nitrogen and oxygen atoms in total. The molecular formula is C28H36O2. The van der Waals surface area contributed by atoms with Crippen LogP contribution < -0.4 is 4.74 Å². The van der Waals surface area contributed by atoms with Crippen molar-refractivity contribution in [3.8, 4) is 5.75 Å². The van der Waals surface area contributed by atoms with Gasteiger partial charge in [-0.25, -0.2) is 4.79 Å². The number of benzene rings is 2. The predicted octanol–water partition coefficient (Wildman–Crippen LogP) is 8.01. The molecule has 0 aromatic heterocycles. The molecule has 0 saturated carbocycles. The van der Waals surface area contributed by atoms with Gasteiger partial charge in [-0.05, 0) is 79.0 Å². The first kappa shape index (κ1) is 22.3. The molecule has 1 aliphatic rings. The molecule has 0 spiro atoms. The molecule has 0 fully saturated rings. The first-order chi connectivity index (χ1) is 14.7. The van der Waals surface area contributed by atoms with Crippen LogP contribution >= 0.6 is 0 Å². The molecular weight excluding hydrogens is 368 g/mol. The van der Waals surface area contributed by atoms with Crippen molar-refractivity contribution in [1.82, 2.24) is 0 Å². The molecule has 2 heteroatoms. The van der Waals surface area contributed by atoms with E-state index in [2.05, 4.69) is 44.2 Å². The van der Waals surface area contributed by atoms with Crippen LogP contribution in [0, 0.1) is 5.92 Å². The van der Waals surface area contributed by atoms with E-state index >= 15 is 0 Å². The largest absolute Gasteiger partial charge is 0.423 e. The van der Waals surface area contributed by atoms with Crippen molar-refractivity contribution in [2.75, 3.05) is 0 Å². The fraction of sp³-hybridized carbons (Fsp3) is 0.464. The lowest BCUT2D eigenvalue weighted by molar-refractivity contribution is 0.0734. The summed E-state index contributed by atoms with van der Waals surface area (Å²) in [6.45, 7) is 4.48. The molecule has 2 aromatic carbocycles. The zero-order valence-electron chi connectivity index (χ0n) is 18.7. The van der Waals surface area contributed by atoms with Crippen LogP contribution in [0.5, 0.6) is 5.75 Å². The predicted molar refractivity (Wildman–Crippen MR) is 126 cm³/mol. The Bertz CT molecular complexity index is 815. The van der Waals surface area contributed by atoms with Crippen LogP contribution in [0.1, 0.15) is 93.1 Å². The molecule has 1 unspecified atom stereocenters. The molecule has 0 N–H and O–H groups in total. The first-order valence-electron chi connectivity index (χ1n) is 11.8. The molecule has 0 radical (unpaired) electrons. The summed E-state index contributed by atoms with van der Waals surface area (Å²) in [6, 6.07) is 15.8. The maximum atomic E-state index is 12.5. The third kappa shape index (κ3) is 6.58. The van der Waals surface area contributed by atoms with Crippen molar-refractivity contribution in [3.63, 3.8) is 0 Å². The zero-order chi connectivity index (χ0) is 21.2. The number of hydrogen-bond donors (Lipinski definition) is 0. The van der Waals surface area contributed by atoms with E-state index in [0.717, 1.165) is 18.8 Å². The van der Waals surface area contributed by atoms with Crippen LogP contribution in [-0.4, -0.2) is 5.97 Å². The molecule has 1 aliphatic carbocycles. The van der Waals surface area contributed by atoms with Gasteiger partial charge < -0.3 is 4.74 Å².